The number of rotatable bonds is 4. The van der Waals surface area contributed by atoms with Crippen molar-refractivity contribution < 1.29 is 0 Å². The van der Waals surface area contributed by atoms with Gasteiger partial charge in [-0.05, 0) is 24.5 Å². The summed E-state index contributed by atoms with van der Waals surface area (Å²) >= 11 is 0. The van der Waals surface area contributed by atoms with Crippen LogP contribution < -0.4 is 15.8 Å². The molecule has 0 amide bonds. The minimum Gasteiger partial charge on any atom is -0.350 e. The van der Waals surface area contributed by atoms with E-state index in [2.05, 4.69) is 31.2 Å². The average molecular weight is 285 g/mol. The highest BCUT2D eigenvalue weighted by Crippen LogP contribution is 2.14. The Hall–Kier alpha value is -2.21. The first-order valence-corrected chi connectivity index (χ1v) is 7.24. The average Bonchev–Trinajstić information content (AvgIpc) is 2.55. The molecule has 3 rings (SSSR count). The first-order valence-electron chi connectivity index (χ1n) is 7.24. The Morgan fingerprint density at radius 1 is 1.43 bits per heavy atom. The van der Waals surface area contributed by atoms with Gasteiger partial charge in [0.1, 0.15) is 0 Å². The van der Waals surface area contributed by atoms with Crippen LogP contribution in [-0.2, 0) is 6.54 Å². The minimum absolute atomic E-state index is 0.120. The normalized spacial score (nSPS) is 18.7. The fourth-order valence-electron chi connectivity index (χ4n) is 2.67. The molecular formula is C15H19N5O. The molecule has 1 aliphatic heterocycles. The molecular weight excluding hydrogens is 266 g/mol. The van der Waals surface area contributed by atoms with Gasteiger partial charge in [-0.1, -0.05) is 6.07 Å². The molecule has 1 saturated heterocycles. The number of anilines is 1. The molecule has 0 saturated carbocycles. The van der Waals surface area contributed by atoms with E-state index in [4.69, 9.17) is 0 Å². The van der Waals surface area contributed by atoms with Crippen molar-refractivity contribution in [2.45, 2.75) is 25.4 Å². The van der Waals surface area contributed by atoms with Crippen LogP contribution in [0.2, 0.25) is 0 Å². The Morgan fingerprint density at radius 3 is 3.19 bits per heavy atom. The van der Waals surface area contributed by atoms with Crippen molar-refractivity contribution in [3.05, 3.63) is 52.8 Å². The number of aromatic nitrogens is 3. The summed E-state index contributed by atoms with van der Waals surface area (Å²) in [4.78, 5) is 24.9. The van der Waals surface area contributed by atoms with Gasteiger partial charge in [-0.15, -0.1) is 0 Å². The lowest BCUT2D eigenvalue weighted by Gasteiger charge is -2.33. The summed E-state index contributed by atoms with van der Waals surface area (Å²) in [5, 5.41) is 3.54. The van der Waals surface area contributed by atoms with E-state index in [1.165, 1.54) is 5.56 Å². The molecule has 0 aliphatic carbocycles. The molecule has 3 heterocycles. The largest absolute Gasteiger partial charge is 0.350 e. The molecule has 2 aromatic rings. The molecule has 110 valence electrons. The second-order valence-corrected chi connectivity index (χ2v) is 5.27. The first kappa shape index (κ1) is 13.8. The van der Waals surface area contributed by atoms with Crippen LogP contribution in [0.3, 0.4) is 0 Å². The van der Waals surface area contributed by atoms with Gasteiger partial charge in [0.2, 0.25) is 0 Å². The Labute approximate surface area is 123 Å². The third-order valence-electron chi connectivity index (χ3n) is 3.73. The molecule has 0 bridgehead atoms. The predicted octanol–water partition coefficient (Wildman–Crippen LogP) is 0.923. The van der Waals surface area contributed by atoms with Crippen LogP contribution in [0.5, 0.6) is 0 Å². The van der Waals surface area contributed by atoms with Gasteiger partial charge in [0.25, 0.3) is 5.56 Å². The Balaban J connectivity index is 1.61. The Kier molecular flexibility index (Phi) is 4.25. The Bertz CT molecular complexity index is 627. The van der Waals surface area contributed by atoms with Crippen molar-refractivity contribution in [3.63, 3.8) is 0 Å². The van der Waals surface area contributed by atoms with Crippen LogP contribution >= 0.6 is 0 Å². The van der Waals surface area contributed by atoms with E-state index in [1.54, 1.807) is 18.6 Å². The van der Waals surface area contributed by atoms with Crippen molar-refractivity contribution in [1.82, 2.24) is 20.3 Å². The van der Waals surface area contributed by atoms with E-state index in [0.717, 1.165) is 32.5 Å². The highest BCUT2D eigenvalue weighted by molar-refractivity contribution is 5.36. The van der Waals surface area contributed by atoms with Crippen LogP contribution in [-0.4, -0.2) is 34.1 Å². The van der Waals surface area contributed by atoms with Crippen molar-refractivity contribution in [3.8, 4) is 0 Å². The van der Waals surface area contributed by atoms with Crippen LogP contribution in [0, 0.1) is 0 Å². The summed E-state index contributed by atoms with van der Waals surface area (Å²) < 4.78 is 0. The third kappa shape index (κ3) is 3.46. The monoisotopic (exact) mass is 285 g/mol. The molecule has 1 fully saturated rings. The van der Waals surface area contributed by atoms with E-state index < -0.39 is 0 Å². The number of hydrogen-bond acceptors (Lipinski definition) is 5. The van der Waals surface area contributed by atoms with E-state index in [-0.39, 0.29) is 5.56 Å². The number of aromatic amines is 1. The van der Waals surface area contributed by atoms with Gasteiger partial charge in [0, 0.05) is 50.5 Å². The highest BCUT2D eigenvalue weighted by atomic mass is 16.1. The van der Waals surface area contributed by atoms with E-state index in [1.807, 2.05) is 12.3 Å². The van der Waals surface area contributed by atoms with Crippen LogP contribution in [0.1, 0.15) is 18.4 Å². The van der Waals surface area contributed by atoms with E-state index in [0.29, 0.717) is 11.9 Å². The molecule has 6 nitrogen and oxygen atoms in total. The zero-order valence-corrected chi connectivity index (χ0v) is 11.8. The van der Waals surface area contributed by atoms with Crippen molar-refractivity contribution in [1.29, 1.82) is 0 Å². The molecule has 0 aromatic carbocycles. The zero-order chi connectivity index (χ0) is 14.5. The second-order valence-electron chi connectivity index (χ2n) is 5.27. The van der Waals surface area contributed by atoms with Gasteiger partial charge in [0.15, 0.2) is 5.82 Å². The van der Waals surface area contributed by atoms with Gasteiger partial charge in [-0.2, -0.15) is 0 Å². The lowest BCUT2D eigenvalue weighted by molar-refractivity contribution is 0.419. The smallest absolute Gasteiger partial charge is 0.290 e. The maximum absolute atomic E-state index is 11.8. The highest BCUT2D eigenvalue weighted by Gasteiger charge is 2.22. The molecule has 1 aliphatic rings. The number of nitrogens with zero attached hydrogens (tertiary/aromatic N) is 3. The molecule has 21 heavy (non-hydrogen) atoms. The summed E-state index contributed by atoms with van der Waals surface area (Å²) in [6.07, 6.45) is 9.01. The number of H-pyrrole nitrogens is 1. The topological polar surface area (TPSA) is 73.9 Å². The summed E-state index contributed by atoms with van der Waals surface area (Å²) in [6, 6.07) is 4.36. The summed E-state index contributed by atoms with van der Waals surface area (Å²) in [7, 11) is 0. The molecule has 6 heteroatoms. The fraction of sp³-hybridized carbons (Fsp3) is 0.400. The van der Waals surface area contributed by atoms with Crippen LogP contribution in [0.25, 0.3) is 0 Å². The summed E-state index contributed by atoms with van der Waals surface area (Å²) in [5.74, 6) is 0.519. The molecule has 2 N–H and O–H groups in total. The molecule has 2 aromatic heterocycles. The maximum Gasteiger partial charge on any atom is 0.290 e. The number of hydrogen-bond donors (Lipinski definition) is 2. The Morgan fingerprint density at radius 2 is 2.38 bits per heavy atom. The summed E-state index contributed by atoms with van der Waals surface area (Å²) in [6.45, 7) is 2.48. The standard InChI is InChI=1S/C15H19N5O/c21-15-14(17-6-7-18-15)20-8-2-4-13(11-20)19-10-12-3-1-5-16-9-12/h1,3,5-7,9,13,19H,2,4,8,10-11H2,(H,18,21)/t13-/m1/s1. The molecule has 0 unspecified atom stereocenters. The molecule has 0 radical (unpaired) electrons. The van der Waals surface area contributed by atoms with E-state index >= 15 is 0 Å². The zero-order valence-electron chi connectivity index (χ0n) is 11.8. The van der Waals surface area contributed by atoms with Gasteiger partial charge in [0.05, 0.1) is 0 Å². The van der Waals surface area contributed by atoms with Crippen molar-refractivity contribution in [2.75, 3.05) is 18.0 Å². The quantitative estimate of drug-likeness (QED) is 0.874. The minimum atomic E-state index is -0.120. The van der Waals surface area contributed by atoms with Crippen LogP contribution in [0.4, 0.5) is 5.82 Å². The maximum atomic E-state index is 11.8. The van der Waals surface area contributed by atoms with Gasteiger partial charge >= 0.3 is 0 Å². The van der Waals surface area contributed by atoms with Gasteiger partial charge < -0.3 is 15.2 Å². The number of piperidine rings is 1. The predicted molar refractivity (Wildman–Crippen MR) is 81.2 cm³/mol. The second kappa shape index (κ2) is 6.49. The number of nitrogens with one attached hydrogen (secondary N) is 2. The van der Waals surface area contributed by atoms with E-state index in [9.17, 15) is 4.79 Å². The lowest BCUT2D eigenvalue weighted by Crippen LogP contribution is -2.47. The third-order valence-corrected chi connectivity index (χ3v) is 3.73. The summed E-state index contributed by atoms with van der Waals surface area (Å²) in [5.41, 5.74) is 1.05. The van der Waals surface area contributed by atoms with Gasteiger partial charge in [-0.3, -0.25) is 9.78 Å². The van der Waals surface area contributed by atoms with Crippen molar-refractivity contribution in [2.24, 2.45) is 0 Å². The van der Waals surface area contributed by atoms with Gasteiger partial charge in [-0.25, -0.2) is 4.98 Å². The number of pyridine rings is 1. The fourth-order valence-corrected chi connectivity index (χ4v) is 2.67. The lowest BCUT2D eigenvalue weighted by atomic mass is 10.1. The first-order chi connectivity index (χ1) is 10.3. The van der Waals surface area contributed by atoms with Crippen LogP contribution in [0.15, 0.2) is 41.7 Å². The SMILES string of the molecule is O=c1[nH]ccnc1N1CCC[C@@H](NCc2cccnc2)C1. The molecule has 0 spiro atoms. The molecule has 1 atom stereocenters. The van der Waals surface area contributed by atoms with Crippen molar-refractivity contribution >= 4 is 5.82 Å².